The average molecular weight is 486 g/mol. The van der Waals surface area contributed by atoms with Crippen LogP contribution in [-0.4, -0.2) is 23.7 Å². The highest BCUT2D eigenvalue weighted by Crippen LogP contribution is 2.43. The number of fused-ring (bicyclic) bond motifs is 1. The van der Waals surface area contributed by atoms with Gasteiger partial charge in [0.15, 0.2) is 0 Å². The number of benzene rings is 3. The number of rotatable bonds is 4. The molecule has 4 amide bonds. The van der Waals surface area contributed by atoms with Crippen molar-refractivity contribution in [3.63, 3.8) is 0 Å². The standard InChI is InChI=1S/C24H20F3N3O3.C2H6/c1-2-28-20-12-11-17(24(25,26)27)14-21(20)29(18-8-4-3-5-9-18)23(33)30(22(28)32)19-10-6-7-16(13-19)15-31;1-2/h3-14,31H,2,15H2,1H3;1-2H3. The summed E-state index contributed by atoms with van der Waals surface area (Å²) in [7, 11) is 0. The zero-order valence-electron chi connectivity index (χ0n) is 19.6. The van der Waals surface area contributed by atoms with Crippen LogP contribution >= 0.6 is 0 Å². The van der Waals surface area contributed by atoms with Crippen molar-refractivity contribution in [3.8, 4) is 0 Å². The van der Waals surface area contributed by atoms with Gasteiger partial charge in [0, 0.05) is 6.54 Å². The van der Waals surface area contributed by atoms with E-state index in [-0.39, 0.29) is 30.2 Å². The molecule has 3 aromatic carbocycles. The second-order valence-corrected chi connectivity index (χ2v) is 7.35. The molecule has 184 valence electrons. The van der Waals surface area contributed by atoms with Gasteiger partial charge in [0.1, 0.15) is 0 Å². The van der Waals surface area contributed by atoms with Crippen molar-refractivity contribution in [2.24, 2.45) is 0 Å². The zero-order valence-corrected chi connectivity index (χ0v) is 19.6. The van der Waals surface area contributed by atoms with Gasteiger partial charge in [-0.3, -0.25) is 9.80 Å². The maximum absolute atomic E-state index is 13.8. The molecule has 1 N–H and O–H groups in total. The van der Waals surface area contributed by atoms with Crippen LogP contribution in [-0.2, 0) is 12.8 Å². The summed E-state index contributed by atoms with van der Waals surface area (Å²) >= 11 is 0. The van der Waals surface area contributed by atoms with E-state index in [1.807, 2.05) is 13.8 Å². The van der Waals surface area contributed by atoms with Crippen molar-refractivity contribution in [1.82, 2.24) is 0 Å². The number of urea groups is 2. The number of imide groups is 1. The van der Waals surface area contributed by atoms with Crippen LogP contribution in [0.4, 0.5) is 45.5 Å². The first-order valence-electron chi connectivity index (χ1n) is 11.2. The molecule has 0 fully saturated rings. The van der Waals surface area contributed by atoms with Crippen LogP contribution in [0.5, 0.6) is 0 Å². The van der Waals surface area contributed by atoms with Gasteiger partial charge in [0.25, 0.3) is 0 Å². The predicted molar refractivity (Wildman–Crippen MR) is 130 cm³/mol. The summed E-state index contributed by atoms with van der Waals surface area (Å²) in [4.78, 5) is 30.6. The van der Waals surface area contributed by atoms with E-state index in [9.17, 15) is 27.9 Å². The van der Waals surface area contributed by atoms with Crippen LogP contribution in [0.25, 0.3) is 0 Å². The normalized spacial score (nSPS) is 13.7. The van der Waals surface area contributed by atoms with Crippen molar-refractivity contribution in [2.75, 3.05) is 21.2 Å². The van der Waals surface area contributed by atoms with Gasteiger partial charge in [-0.2, -0.15) is 13.2 Å². The monoisotopic (exact) mass is 485 g/mol. The third-order valence-electron chi connectivity index (χ3n) is 5.32. The molecule has 0 aliphatic carbocycles. The average Bonchev–Trinajstić information content (AvgIpc) is 2.95. The van der Waals surface area contributed by atoms with Crippen LogP contribution in [0.3, 0.4) is 0 Å². The second kappa shape index (κ2) is 10.6. The Morgan fingerprint density at radius 2 is 1.43 bits per heavy atom. The fourth-order valence-corrected chi connectivity index (χ4v) is 3.76. The Morgan fingerprint density at radius 1 is 0.771 bits per heavy atom. The number of carbonyl (C=O) groups excluding carboxylic acids is 2. The fraction of sp³-hybridized carbons (Fsp3) is 0.231. The van der Waals surface area contributed by atoms with E-state index in [1.165, 1.54) is 23.1 Å². The van der Waals surface area contributed by atoms with Gasteiger partial charge in [-0.25, -0.2) is 14.5 Å². The van der Waals surface area contributed by atoms with E-state index in [0.29, 0.717) is 11.3 Å². The molecular formula is C26H26F3N3O3. The third-order valence-corrected chi connectivity index (χ3v) is 5.32. The molecular weight excluding hydrogens is 459 g/mol. The van der Waals surface area contributed by atoms with Crippen LogP contribution in [0.15, 0.2) is 72.8 Å². The summed E-state index contributed by atoms with van der Waals surface area (Å²) in [6.07, 6.45) is -4.64. The molecule has 0 saturated heterocycles. The Labute approximate surface area is 201 Å². The SMILES string of the molecule is CC.CCN1C(=O)N(c2cccc(CO)c2)C(=O)N(c2ccccc2)c2cc(C(F)(F)F)ccc21. The van der Waals surface area contributed by atoms with E-state index in [1.54, 1.807) is 49.4 Å². The number of carbonyl (C=O) groups is 2. The first-order valence-corrected chi connectivity index (χ1v) is 11.2. The summed E-state index contributed by atoms with van der Waals surface area (Å²) < 4.78 is 40.6. The molecule has 0 atom stereocenters. The molecule has 0 bridgehead atoms. The van der Waals surface area contributed by atoms with Crippen molar-refractivity contribution in [1.29, 1.82) is 0 Å². The molecule has 1 aliphatic rings. The molecule has 0 unspecified atom stereocenters. The van der Waals surface area contributed by atoms with Gasteiger partial charge in [0.05, 0.1) is 34.9 Å². The van der Waals surface area contributed by atoms with E-state index >= 15 is 0 Å². The van der Waals surface area contributed by atoms with E-state index in [0.717, 1.165) is 21.9 Å². The van der Waals surface area contributed by atoms with Crippen molar-refractivity contribution < 1.29 is 27.9 Å². The molecule has 35 heavy (non-hydrogen) atoms. The van der Waals surface area contributed by atoms with Gasteiger partial charge in [0.2, 0.25) is 0 Å². The van der Waals surface area contributed by atoms with Crippen LogP contribution in [0, 0.1) is 0 Å². The second-order valence-electron chi connectivity index (χ2n) is 7.35. The highest BCUT2D eigenvalue weighted by molar-refractivity contribution is 6.28. The maximum atomic E-state index is 13.8. The Bertz CT molecular complexity index is 1200. The lowest BCUT2D eigenvalue weighted by Crippen LogP contribution is -2.48. The number of hydrogen-bond acceptors (Lipinski definition) is 3. The highest BCUT2D eigenvalue weighted by Gasteiger charge is 2.41. The Morgan fingerprint density at radius 3 is 2.03 bits per heavy atom. The molecule has 1 heterocycles. The number of amides is 4. The number of hydrogen-bond donors (Lipinski definition) is 1. The van der Waals surface area contributed by atoms with Gasteiger partial charge in [-0.05, 0) is 55.0 Å². The van der Waals surface area contributed by atoms with Crippen molar-refractivity contribution >= 4 is 34.8 Å². The number of aliphatic hydroxyl groups excluding tert-OH is 1. The third kappa shape index (κ3) is 5.00. The number of nitrogens with zero attached hydrogens (tertiary/aromatic N) is 3. The van der Waals surface area contributed by atoms with E-state index in [4.69, 9.17) is 0 Å². The van der Waals surface area contributed by atoms with Gasteiger partial charge >= 0.3 is 18.2 Å². The minimum Gasteiger partial charge on any atom is -0.392 e. The minimum atomic E-state index is -4.64. The van der Waals surface area contributed by atoms with Gasteiger partial charge in [-0.1, -0.05) is 44.2 Å². The van der Waals surface area contributed by atoms with E-state index in [2.05, 4.69) is 0 Å². The molecule has 0 radical (unpaired) electrons. The van der Waals surface area contributed by atoms with Crippen LogP contribution in [0.2, 0.25) is 0 Å². The topological polar surface area (TPSA) is 64.1 Å². The molecule has 6 nitrogen and oxygen atoms in total. The van der Waals surface area contributed by atoms with Crippen molar-refractivity contribution in [3.05, 3.63) is 83.9 Å². The largest absolute Gasteiger partial charge is 0.416 e. The lowest BCUT2D eigenvalue weighted by molar-refractivity contribution is -0.137. The predicted octanol–water partition coefficient (Wildman–Crippen LogP) is 6.95. The highest BCUT2D eigenvalue weighted by atomic mass is 19.4. The maximum Gasteiger partial charge on any atom is 0.416 e. The summed E-state index contributed by atoms with van der Waals surface area (Å²) in [5.41, 5.74) is 0.153. The smallest absolute Gasteiger partial charge is 0.392 e. The number of halogens is 3. The molecule has 3 aromatic rings. The number of aliphatic hydroxyl groups is 1. The zero-order chi connectivity index (χ0) is 25.8. The lowest BCUT2D eigenvalue weighted by atomic mass is 10.1. The summed E-state index contributed by atoms with van der Waals surface area (Å²) in [6.45, 7) is 5.48. The van der Waals surface area contributed by atoms with Gasteiger partial charge < -0.3 is 5.11 Å². The molecule has 0 aromatic heterocycles. The Hall–Kier alpha value is -3.85. The molecule has 1 aliphatic heterocycles. The Kier molecular flexibility index (Phi) is 7.81. The minimum absolute atomic E-state index is 0.0583. The van der Waals surface area contributed by atoms with Crippen LogP contribution in [0.1, 0.15) is 31.9 Å². The number of para-hydroxylation sites is 1. The number of anilines is 4. The van der Waals surface area contributed by atoms with E-state index < -0.39 is 23.8 Å². The van der Waals surface area contributed by atoms with Crippen molar-refractivity contribution in [2.45, 2.75) is 33.6 Å². The molecule has 9 heteroatoms. The first-order chi connectivity index (χ1) is 16.8. The fourth-order valence-electron chi connectivity index (χ4n) is 3.76. The first kappa shape index (κ1) is 25.8. The quantitative estimate of drug-likeness (QED) is 0.435. The van der Waals surface area contributed by atoms with Crippen LogP contribution < -0.4 is 14.7 Å². The molecule has 0 spiro atoms. The lowest BCUT2D eigenvalue weighted by Gasteiger charge is -2.27. The summed E-state index contributed by atoms with van der Waals surface area (Å²) in [5.74, 6) is 0. The van der Waals surface area contributed by atoms with Gasteiger partial charge in [-0.15, -0.1) is 0 Å². The number of alkyl halides is 3. The summed E-state index contributed by atoms with van der Waals surface area (Å²) in [6, 6.07) is 15.8. The molecule has 4 rings (SSSR count). The Balaban J connectivity index is 0.00000167. The molecule has 0 saturated carbocycles. The summed E-state index contributed by atoms with van der Waals surface area (Å²) in [5, 5.41) is 9.51.